The average Bonchev–Trinajstić information content (AvgIpc) is 2.38. The molecule has 2 N–H and O–H groups in total. The first-order chi connectivity index (χ1) is 10.3. The zero-order valence-electron chi connectivity index (χ0n) is 13.1. The molecule has 1 aliphatic rings. The summed E-state index contributed by atoms with van der Waals surface area (Å²) < 4.78 is 0. The Morgan fingerprint density at radius 1 is 1.14 bits per heavy atom. The van der Waals surface area contributed by atoms with E-state index in [1.807, 2.05) is 45.0 Å². The SMILES string of the molecule is Cc1ccc(NC=CC(O)=C2C(=O)CC(C)(C)CC2=O)cc1. The minimum absolute atomic E-state index is 0.0821. The highest BCUT2D eigenvalue weighted by Crippen LogP contribution is 2.34. The summed E-state index contributed by atoms with van der Waals surface area (Å²) in [4.78, 5) is 24.1. The topological polar surface area (TPSA) is 66.4 Å². The van der Waals surface area contributed by atoms with E-state index in [4.69, 9.17) is 0 Å². The van der Waals surface area contributed by atoms with Gasteiger partial charge in [0, 0.05) is 24.7 Å². The number of hydrogen-bond acceptors (Lipinski definition) is 4. The van der Waals surface area contributed by atoms with Gasteiger partial charge in [0.2, 0.25) is 0 Å². The summed E-state index contributed by atoms with van der Waals surface area (Å²) in [5.41, 5.74) is 1.60. The van der Waals surface area contributed by atoms with Crippen molar-refractivity contribution in [2.24, 2.45) is 5.41 Å². The quantitative estimate of drug-likeness (QED) is 0.507. The number of nitrogens with one attached hydrogen (secondary N) is 1. The maximum atomic E-state index is 12.0. The molecule has 0 saturated heterocycles. The second-order valence-electron chi connectivity index (χ2n) is 6.47. The van der Waals surface area contributed by atoms with Crippen molar-refractivity contribution in [1.82, 2.24) is 0 Å². The maximum absolute atomic E-state index is 12.0. The first-order valence-electron chi connectivity index (χ1n) is 7.28. The Morgan fingerprint density at radius 2 is 1.68 bits per heavy atom. The number of carbonyl (C=O) groups is 2. The minimum atomic E-state index is -0.332. The second kappa shape index (κ2) is 6.18. The van der Waals surface area contributed by atoms with Gasteiger partial charge in [0.1, 0.15) is 11.3 Å². The summed E-state index contributed by atoms with van der Waals surface area (Å²) in [7, 11) is 0. The highest BCUT2D eigenvalue weighted by atomic mass is 16.3. The van der Waals surface area contributed by atoms with Gasteiger partial charge in [-0.15, -0.1) is 0 Å². The number of anilines is 1. The van der Waals surface area contributed by atoms with Crippen molar-refractivity contribution in [1.29, 1.82) is 0 Å². The fourth-order valence-corrected chi connectivity index (χ4v) is 2.50. The lowest BCUT2D eigenvalue weighted by Crippen LogP contribution is -2.32. The molecule has 1 saturated carbocycles. The van der Waals surface area contributed by atoms with Gasteiger partial charge in [0.25, 0.3) is 0 Å². The van der Waals surface area contributed by atoms with E-state index < -0.39 is 0 Å². The normalized spacial score (nSPS) is 17.9. The van der Waals surface area contributed by atoms with Gasteiger partial charge in [-0.3, -0.25) is 9.59 Å². The summed E-state index contributed by atoms with van der Waals surface area (Å²) in [5.74, 6) is -0.859. The molecule has 0 heterocycles. The van der Waals surface area contributed by atoms with E-state index in [2.05, 4.69) is 5.32 Å². The zero-order valence-corrected chi connectivity index (χ0v) is 13.1. The Kier molecular flexibility index (Phi) is 4.50. The van der Waals surface area contributed by atoms with Crippen LogP contribution in [0, 0.1) is 12.3 Å². The molecule has 0 aromatic heterocycles. The van der Waals surface area contributed by atoms with Crippen molar-refractivity contribution in [3.05, 3.63) is 53.4 Å². The van der Waals surface area contributed by atoms with E-state index in [-0.39, 0.29) is 41.2 Å². The van der Waals surface area contributed by atoms with Crippen molar-refractivity contribution < 1.29 is 14.7 Å². The van der Waals surface area contributed by atoms with Gasteiger partial charge in [0.15, 0.2) is 11.6 Å². The Balaban J connectivity index is 2.11. The molecule has 1 aromatic carbocycles. The van der Waals surface area contributed by atoms with Crippen LogP contribution in [0.1, 0.15) is 32.3 Å². The van der Waals surface area contributed by atoms with Crippen molar-refractivity contribution >= 4 is 17.3 Å². The van der Waals surface area contributed by atoms with Gasteiger partial charge in [-0.25, -0.2) is 0 Å². The number of aliphatic hydroxyl groups excluding tert-OH is 1. The second-order valence-corrected chi connectivity index (χ2v) is 6.47. The molecule has 1 aromatic rings. The Hall–Kier alpha value is -2.36. The van der Waals surface area contributed by atoms with Crippen LogP contribution in [-0.4, -0.2) is 16.7 Å². The number of ketones is 2. The average molecular weight is 299 g/mol. The fourth-order valence-electron chi connectivity index (χ4n) is 2.50. The van der Waals surface area contributed by atoms with Gasteiger partial charge in [-0.05, 0) is 30.5 Å². The van der Waals surface area contributed by atoms with Gasteiger partial charge in [-0.2, -0.15) is 0 Å². The van der Waals surface area contributed by atoms with Gasteiger partial charge >= 0.3 is 0 Å². The summed E-state index contributed by atoms with van der Waals surface area (Å²) in [6, 6.07) is 7.74. The van der Waals surface area contributed by atoms with Crippen molar-refractivity contribution in [3.63, 3.8) is 0 Å². The molecular weight excluding hydrogens is 278 g/mol. The molecule has 0 bridgehead atoms. The highest BCUT2D eigenvalue weighted by Gasteiger charge is 2.37. The number of aryl methyl sites for hydroxylation is 1. The Bertz CT molecular complexity index is 629. The molecule has 1 aliphatic carbocycles. The van der Waals surface area contributed by atoms with Crippen LogP contribution in [0.4, 0.5) is 5.69 Å². The van der Waals surface area contributed by atoms with Crippen LogP contribution >= 0.6 is 0 Å². The van der Waals surface area contributed by atoms with Crippen LogP contribution in [0.3, 0.4) is 0 Å². The molecule has 0 radical (unpaired) electrons. The molecule has 22 heavy (non-hydrogen) atoms. The van der Waals surface area contributed by atoms with Crippen molar-refractivity contribution in [3.8, 4) is 0 Å². The zero-order chi connectivity index (χ0) is 16.3. The summed E-state index contributed by atoms with van der Waals surface area (Å²) in [6.45, 7) is 5.76. The predicted molar refractivity (Wildman–Crippen MR) is 86.6 cm³/mol. The monoisotopic (exact) mass is 299 g/mol. The summed E-state index contributed by atoms with van der Waals surface area (Å²) in [6.07, 6.45) is 3.42. The third-order valence-electron chi connectivity index (χ3n) is 3.63. The van der Waals surface area contributed by atoms with Gasteiger partial charge in [0.05, 0.1) is 0 Å². The molecule has 0 atom stereocenters. The van der Waals surface area contributed by atoms with E-state index in [0.717, 1.165) is 11.3 Å². The van der Waals surface area contributed by atoms with E-state index in [9.17, 15) is 14.7 Å². The molecular formula is C18H21NO3. The molecule has 4 heteroatoms. The lowest BCUT2D eigenvalue weighted by molar-refractivity contribution is -0.127. The molecule has 2 rings (SSSR count). The summed E-state index contributed by atoms with van der Waals surface area (Å²) >= 11 is 0. The first kappa shape index (κ1) is 16.0. The first-order valence-corrected chi connectivity index (χ1v) is 7.28. The number of allylic oxidation sites excluding steroid dienone is 2. The number of rotatable bonds is 3. The smallest absolute Gasteiger partial charge is 0.170 e. The molecule has 0 unspecified atom stereocenters. The number of aliphatic hydroxyl groups is 1. The van der Waals surface area contributed by atoms with E-state index in [0.29, 0.717) is 0 Å². The van der Waals surface area contributed by atoms with Crippen LogP contribution in [0.2, 0.25) is 0 Å². The Morgan fingerprint density at radius 3 is 2.23 bits per heavy atom. The Labute approximate surface area is 130 Å². The van der Waals surface area contributed by atoms with Crippen molar-refractivity contribution in [2.45, 2.75) is 33.6 Å². The number of carbonyl (C=O) groups excluding carboxylic acids is 2. The van der Waals surface area contributed by atoms with Gasteiger partial charge < -0.3 is 10.4 Å². The molecule has 0 spiro atoms. The molecule has 1 fully saturated rings. The van der Waals surface area contributed by atoms with Crippen LogP contribution in [0.5, 0.6) is 0 Å². The number of Topliss-reactive ketones (excluding diaryl/α,β-unsaturated/α-hetero) is 2. The van der Waals surface area contributed by atoms with E-state index >= 15 is 0 Å². The largest absolute Gasteiger partial charge is 0.507 e. The van der Waals surface area contributed by atoms with Crippen molar-refractivity contribution in [2.75, 3.05) is 5.32 Å². The molecule has 0 amide bonds. The predicted octanol–water partition coefficient (Wildman–Crippen LogP) is 3.69. The lowest BCUT2D eigenvalue weighted by atomic mass is 9.74. The van der Waals surface area contributed by atoms with Crippen LogP contribution < -0.4 is 5.32 Å². The molecule has 0 aliphatic heterocycles. The van der Waals surface area contributed by atoms with E-state index in [1.165, 1.54) is 12.3 Å². The minimum Gasteiger partial charge on any atom is -0.507 e. The van der Waals surface area contributed by atoms with Crippen LogP contribution in [0.25, 0.3) is 0 Å². The third-order valence-corrected chi connectivity index (χ3v) is 3.63. The molecule has 116 valence electrons. The maximum Gasteiger partial charge on any atom is 0.170 e. The lowest BCUT2D eigenvalue weighted by Gasteiger charge is -2.28. The number of benzene rings is 1. The van der Waals surface area contributed by atoms with Crippen LogP contribution in [-0.2, 0) is 9.59 Å². The number of hydrogen-bond donors (Lipinski definition) is 2. The highest BCUT2D eigenvalue weighted by molar-refractivity contribution is 6.22. The molecule has 4 nitrogen and oxygen atoms in total. The third kappa shape index (κ3) is 3.85. The summed E-state index contributed by atoms with van der Waals surface area (Å²) in [5, 5.41) is 13.0. The van der Waals surface area contributed by atoms with Crippen LogP contribution in [0.15, 0.2) is 47.9 Å². The fraction of sp³-hybridized carbons (Fsp3) is 0.333. The van der Waals surface area contributed by atoms with E-state index in [1.54, 1.807) is 0 Å². The van der Waals surface area contributed by atoms with Gasteiger partial charge in [-0.1, -0.05) is 31.5 Å². The standard InChI is InChI=1S/C18H21NO3/c1-12-4-6-13(7-5-12)19-9-8-14(20)17-15(21)10-18(2,3)11-16(17)22/h4-9,19-20H,10-11H2,1-3H3.